The van der Waals surface area contributed by atoms with Crippen molar-refractivity contribution in [1.82, 2.24) is 136 Å². The number of benzene rings is 1. The molecule has 1 saturated carbocycles. The number of halogens is 2. The van der Waals surface area contributed by atoms with E-state index in [1.165, 1.54) is 47.1 Å². The molecule has 0 saturated heterocycles. The van der Waals surface area contributed by atoms with Crippen molar-refractivity contribution in [2.24, 2.45) is 15.6 Å². The fourth-order valence-corrected chi connectivity index (χ4v) is 12.4. The molecule has 40 heteroatoms. The number of aromatic nitrogens is 27. The van der Waals surface area contributed by atoms with E-state index >= 15 is 0 Å². The number of allylic oxidation sites excluding steroid dienone is 1. The van der Waals surface area contributed by atoms with E-state index in [9.17, 15) is 4.79 Å². The zero-order valence-corrected chi connectivity index (χ0v) is 82.6. The standard InChI is InChI=1S/C20H20N3.C9H9N3.2C9H8N3.4C8H7N4.C6H5NO2.2CHO.7CH4.2ClH.Os.4Pt/c1-19(2)14-8-10-20(19,3)18-15(14)17(22-23-18)16-13-7-5-4-6-12(13)9-11-21-16;3*1-7-6-9(12-11-7)8-4-2-3-5-10-8;2*1-6-4-7(12-11-6)8-5-9-2-3-10-8;2*1-6-10-8(12-11-6)7-4-2-3-5-9-7;8-6(9)5-3-1-2-4-7-5;2*1-2;;;;;;;;;;;;;;/h4-7,9,11,14H,8,10H2,1-3H3;2-6,9H,1H3;2*2-6H,1H3;4*2-5H,1H3;1-4H,(H,8,9);2*1H;7*1H4;2*1H;;;;;/q-1;;6*-1;;2*-1;;;;;;;;;;;;3*+2/p-2. The summed E-state index contributed by atoms with van der Waals surface area (Å²) in [4.78, 5) is 78.9. The van der Waals surface area contributed by atoms with Gasteiger partial charge in [-0.25, -0.2) is 9.78 Å². The zero-order valence-electron chi connectivity index (χ0n) is 69.4. The molecule has 1 N–H and O–H groups in total. The van der Waals surface area contributed by atoms with Crippen LogP contribution in [-0.4, -0.2) is 125 Å². The molecule has 2 bridgehead atoms. The summed E-state index contributed by atoms with van der Waals surface area (Å²) < 4.78 is 0. The van der Waals surface area contributed by atoms with Crippen LogP contribution in [0.4, 0.5) is 0 Å². The summed E-state index contributed by atoms with van der Waals surface area (Å²) in [6.45, 7) is 26.8. The van der Waals surface area contributed by atoms with Crippen LogP contribution in [0.3, 0.4) is 0 Å². The molecule has 20 rings (SSSR count). The van der Waals surface area contributed by atoms with E-state index < -0.39 is 22.5 Å². The zero-order chi connectivity index (χ0) is 87.9. The quantitative estimate of drug-likeness (QED) is 0.104. The largest absolute Gasteiger partial charge is 2.00 e. The number of nitrogens with zero attached hydrogens (tertiary/aromatic N) is 29. The van der Waals surface area contributed by atoms with Gasteiger partial charge in [0.15, 0.2) is 0 Å². The van der Waals surface area contributed by atoms with Gasteiger partial charge in [-0.05, 0) is 180 Å². The average Bonchev–Trinajstić information content (AvgIpc) is 1.52. The van der Waals surface area contributed by atoms with Crippen molar-refractivity contribution in [3.63, 3.8) is 0 Å². The van der Waals surface area contributed by atoms with Crippen molar-refractivity contribution in [2.75, 3.05) is 0 Å². The van der Waals surface area contributed by atoms with Gasteiger partial charge in [-0.15, -0.1) is 0 Å². The second kappa shape index (κ2) is 65.7. The monoisotopic (exact) mass is 2750 g/mol. The van der Waals surface area contributed by atoms with Crippen LogP contribution < -0.4 is 35.7 Å². The van der Waals surface area contributed by atoms with E-state index in [1.807, 2.05) is 162 Å². The molecule has 1 aromatic carbocycles. The predicted octanol–water partition coefficient (Wildman–Crippen LogP) is 19.0. The molecule has 0 amide bonds. The summed E-state index contributed by atoms with van der Waals surface area (Å²) in [6, 6.07) is 51.4. The average molecular weight is 2750 g/mol. The normalized spacial score (nSPS) is 12.9. The van der Waals surface area contributed by atoms with Crippen molar-refractivity contribution in [3.8, 4) is 80.0 Å². The number of rotatable bonds is 9. The molecule has 2 aliphatic carbocycles. The van der Waals surface area contributed by atoms with E-state index in [1.54, 1.807) is 94.1 Å². The van der Waals surface area contributed by atoms with Crippen LogP contribution in [0, 0.1) is 47.0 Å². The second-order valence-electron chi connectivity index (χ2n) is 27.0. The number of hydrogen-bond donors (Lipinski definition) is 1. The van der Waals surface area contributed by atoms with Gasteiger partial charge in [0.1, 0.15) is 11.7 Å². The Morgan fingerprint density at radius 3 is 1.16 bits per heavy atom. The van der Waals surface area contributed by atoms with Gasteiger partial charge in [0.2, 0.25) is 0 Å². The number of carboxylic acid groups (broad SMARTS) is 1. The summed E-state index contributed by atoms with van der Waals surface area (Å²) in [7, 11) is 9.75. The number of carbonyl (C=O) groups is 1. The third kappa shape index (κ3) is 36.5. The van der Waals surface area contributed by atoms with Crippen molar-refractivity contribution < 1.29 is 119 Å². The van der Waals surface area contributed by atoms with Gasteiger partial charge in [0.25, 0.3) is 0 Å². The maximum absolute atomic E-state index is 10.1. The van der Waals surface area contributed by atoms with Crippen molar-refractivity contribution >= 4 is 49.2 Å². The van der Waals surface area contributed by atoms with E-state index in [2.05, 4.69) is 211 Å². The molecular formula is C94H108Cl2N29O4OsPt4-5. The Balaban J connectivity index is -0.00000143. The fourth-order valence-electron chi connectivity index (χ4n) is 12.4. The SMILES string of the molecule is C.C.C.C.C.C.C.CC12CCC(c3c1n[n-]c3-c1nccc3ccccc13)C2(C)C.CC1=CC(c2ccccn2)N=N1.Cc1cc(-c2ccccn2)[n-]n1.Cc1cc(-c2ccccn2)[n-]n1.Cc1cc(-c2cnccn2)[n-]n1.Cc1cc(-c2cnccn2)[n-]n1.Cc1n[n-]c(-c2ccccn2)n1.Cc1n[n-]c(-c2ccccn2)n1.O=C(O)c1ccccn1.[CH-]=O.[CH-]=O.[Cl][Pt][Cl].[Os].[Pt+2].[Pt+2].[Pt]. The number of fused-ring (bicyclic) bond motifs is 6. The number of aryl methyl sites for hydroxylation is 6. The number of azo groups is 1. The maximum Gasteiger partial charge on any atom is 2.00 e. The van der Waals surface area contributed by atoms with E-state index in [0.717, 1.165) is 102 Å². The van der Waals surface area contributed by atoms with Gasteiger partial charge in [-0.3, -0.25) is 73.6 Å². The van der Waals surface area contributed by atoms with Crippen LogP contribution in [0.1, 0.15) is 166 Å². The van der Waals surface area contributed by atoms with Crippen LogP contribution in [0.5, 0.6) is 0 Å². The summed E-state index contributed by atoms with van der Waals surface area (Å²) in [6.07, 6.45) is 26.4. The number of aromatic carboxylic acids is 1. The molecule has 16 aromatic heterocycles. The minimum atomic E-state index is -0.990. The Morgan fingerprint density at radius 2 is 0.828 bits per heavy atom. The number of carbonyl (C=O) groups excluding carboxylic acids is 2. The second-order valence-corrected chi connectivity index (χ2v) is 30.3. The Morgan fingerprint density at radius 1 is 0.440 bits per heavy atom. The van der Waals surface area contributed by atoms with E-state index in [-0.39, 0.29) is 158 Å². The summed E-state index contributed by atoms with van der Waals surface area (Å²) >= 11 is -0.472. The van der Waals surface area contributed by atoms with Crippen LogP contribution in [0.25, 0.3) is 90.7 Å². The van der Waals surface area contributed by atoms with Crippen LogP contribution in [0.2, 0.25) is 0 Å². The van der Waals surface area contributed by atoms with Gasteiger partial charge in [0.05, 0.1) is 52.3 Å². The topological polar surface area (TPSA) is 453 Å². The summed E-state index contributed by atoms with van der Waals surface area (Å²) in [5, 5.41) is 74.6. The molecule has 33 nitrogen and oxygen atoms in total. The van der Waals surface area contributed by atoms with Crippen molar-refractivity contribution in [3.05, 3.63) is 313 Å². The third-order valence-electron chi connectivity index (χ3n) is 18.4. The number of pyridine rings is 7. The maximum atomic E-state index is 10.1. The predicted molar refractivity (Wildman–Crippen MR) is 505 cm³/mol. The van der Waals surface area contributed by atoms with Crippen LogP contribution >= 0.6 is 18.8 Å². The van der Waals surface area contributed by atoms with E-state index in [4.69, 9.17) is 33.5 Å². The molecule has 0 radical (unpaired) electrons. The number of carboxylic acids is 1. The van der Waals surface area contributed by atoms with Crippen LogP contribution in [0.15, 0.2) is 266 Å². The third-order valence-corrected chi connectivity index (χ3v) is 18.4. The van der Waals surface area contributed by atoms with Crippen molar-refractivity contribution in [2.45, 2.75) is 151 Å². The molecule has 1 fully saturated rings. The molecule has 3 unspecified atom stereocenters. The minimum absolute atomic E-state index is 0. The molecule has 3 aliphatic rings. The van der Waals surface area contributed by atoms with Gasteiger partial charge in [-0.2, -0.15) is 10.2 Å². The van der Waals surface area contributed by atoms with E-state index in [0.29, 0.717) is 29.2 Å². The number of hydrogen-bond acceptors (Lipinski definition) is 25. The fraction of sp³-hybridized carbons (Fsp3) is 0.245. The Hall–Kier alpha value is -11.9. The summed E-state index contributed by atoms with van der Waals surface area (Å²) in [5.41, 5.74) is 18.7. The first-order chi connectivity index (χ1) is 59.8. The minimum Gasteiger partial charge on any atom is 0 e. The van der Waals surface area contributed by atoms with Gasteiger partial charge >= 0.3 is 83.4 Å². The first-order valence-electron chi connectivity index (χ1n) is 37.3. The molecular weight excluding hydrogens is 2640 g/mol. The Labute approximate surface area is 856 Å². The van der Waals surface area contributed by atoms with Crippen molar-refractivity contribution in [1.29, 1.82) is 0 Å². The molecule has 1 aliphatic heterocycles. The molecule has 0 spiro atoms. The Bertz CT molecular complexity index is 5460. The molecule has 17 aromatic rings. The van der Waals surface area contributed by atoms with Gasteiger partial charge in [0, 0.05) is 171 Å². The first-order valence-corrected chi connectivity index (χ1v) is 43.0. The smallest absolute Gasteiger partial charge is 0 e. The first kappa shape index (κ1) is 126. The summed E-state index contributed by atoms with van der Waals surface area (Å²) in [5.74, 6) is 2.09. The Kier molecular flexibility index (Phi) is 61.9. The van der Waals surface area contributed by atoms with Gasteiger partial charge in [-0.1, -0.05) is 186 Å². The molecule has 3 atom stereocenters. The molecule has 17 heterocycles. The van der Waals surface area contributed by atoms with Gasteiger partial charge < -0.3 is 85.8 Å². The van der Waals surface area contributed by atoms with Crippen LogP contribution in [-0.2, 0) is 114 Å². The molecule has 720 valence electrons. The molecule has 134 heavy (non-hydrogen) atoms.